The molecule has 8 unspecified atom stereocenters. The van der Waals surface area contributed by atoms with Crippen LogP contribution in [-0.4, -0.2) is 85.7 Å². The van der Waals surface area contributed by atoms with E-state index in [1.165, 1.54) is 11.1 Å². The first kappa shape index (κ1) is 56.9. The number of hydrogen-bond donors (Lipinski definition) is 8. The first-order valence-electron chi connectivity index (χ1n) is 23.0. The molecule has 58 heavy (non-hydrogen) atoms. The lowest BCUT2D eigenvalue weighted by Crippen LogP contribution is -2.31. The van der Waals surface area contributed by atoms with E-state index < -0.39 is 44.8 Å². The second-order valence-corrected chi connectivity index (χ2v) is 21.4. The zero-order chi connectivity index (χ0) is 45.0. The van der Waals surface area contributed by atoms with E-state index in [1.807, 2.05) is 48.5 Å². The van der Waals surface area contributed by atoms with Gasteiger partial charge in [-0.3, -0.25) is 0 Å². The molecule has 8 N–H and O–H groups in total. The Morgan fingerprint density at radius 1 is 0.362 bits per heavy atom. The molecule has 0 amide bonds. The zero-order valence-electron chi connectivity index (χ0n) is 39.7. The minimum atomic E-state index is -0.891. The molecule has 0 saturated heterocycles. The van der Waals surface area contributed by atoms with Gasteiger partial charge in [-0.05, 0) is 237 Å². The number of aliphatic hydroxyl groups is 8. The Balaban J connectivity index is 4.41. The van der Waals surface area contributed by atoms with Gasteiger partial charge < -0.3 is 40.9 Å². The van der Waals surface area contributed by atoms with Crippen molar-refractivity contribution >= 4 is 0 Å². The van der Waals surface area contributed by atoms with E-state index in [0.717, 1.165) is 38.5 Å². The van der Waals surface area contributed by atoms with Gasteiger partial charge in [-0.2, -0.15) is 0 Å². The Morgan fingerprint density at radius 3 is 0.862 bits per heavy atom. The molecule has 0 aromatic heterocycles. The van der Waals surface area contributed by atoms with Crippen LogP contribution in [0.3, 0.4) is 0 Å². The Labute approximate surface area is 357 Å². The van der Waals surface area contributed by atoms with Crippen LogP contribution in [0.25, 0.3) is 0 Å². The van der Waals surface area contributed by atoms with Gasteiger partial charge in [-0.1, -0.05) is 29.4 Å². The monoisotopic (exact) mass is 825 g/mol. The van der Waals surface area contributed by atoms with Crippen LogP contribution in [0.1, 0.15) is 237 Å². The summed E-state index contributed by atoms with van der Waals surface area (Å²) in [6.45, 7) is 24.6. The molecule has 0 bridgehead atoms. The summed E-state index contributed by atoms with van der Waals surface area (Å²) >= 11 is 0. The fourth-order valence-corrected chi connectivity index (χ4v) is 8.21. The van der Waals surface area contributed by atoms with Gasteiger partial charge in [0.15, 0.2) is 0 Å². The predicted molar refractivity (Wildman–Crippen MR) is 244 cm³/mol. The summed E-state index contributed by atoms with van der Waals surface area (Å²) in [6.07, 6.45) is 22.6. The second-order valence-electron chi connectivity index (χ2n) is 21.4. The summed E-state index contributed by atoms with van der Waals surface area (Å²) in [4.78, 5) is 0. The largest absolute Gasteiger partial charge is 0.390 e. The van der Waals surface area contributed by atoms with Crippen LogP contribution < -0.4 is 0 Å². The summed E-state index contributed by atoms with van der Waals surface area (Å²) in [5.41, 5.74) is -4.22. The van der Waals surface area contributed by atoms with E-state index in [2.05, 4.69) is 39.5 Å². The third-order valence-corrected chi connectivity index (χ3v) is 12.7. The summed E-state index contributed by atoms with van der Waals surface area (Å²) in [5, 5.41) is 86.9. The van der Waals surface area contributed by atoms with Gasteiger partial charge in [0.2, 0.25) is 0 Å². The fraction of sp³-hybridized carbons (Fsp3) is 0.880. The van der Waals surface area contributed by atoms with Crippen LogP contribution in [0.4, 0.5) is 0 Å². The van der Waals surface area contributed by atoms with E-state index in [-0.39, 0.29) is 0 Å². The molecule has 0 aromatic carbocycles. The topological polar surface area (TPSA) is 162 Å². The number of rotatable bonds is 35. The molecular formula is C50H96O8. The second kappa shape index (κ2) is 25.7. The van der Waals surface area contributed by atoms with Crippen molar-refractivity contribution in [2.75, 3.05) is 0 Å². The van der Waals surface area contributed by atoms with E-state index in [1.54, 1.807) is 13.0 Å². The third kappa shape index (κ3) is 31.7. The molecule has 0 aliphatic carbocycles. The minimum absolute atomic E-state index is 0.558. The maximum atomic E-state index is 11.1. The Hall–Kier alpha value is -1.10. The molecule has 344 valence electrons. The third-order valence-electron chi connectivity index (χ3n) is 12.7. The SMILES string of the molecule is C=CC(C)(O)CCC=C(C)CCCC(C)(O)CCCC(C)(O)CCCC(C)(O)CCCC(C)(O)CCCC(C)(O)CCCC(C)(O)CCCC(C)(O)CCC=C(C)C. The first-order chi connectivity index (χ1) is 26.3. The summed E-state index contributed by atoms with van der Waals surface area (Å²) < 4.78 is 0. The highest BCUT2D eigenvalue weighted by Crippen LogP contribution is 2.32. The molecule has 0 rings (SSSR count). The fourth-order valence-electron chi connectivity index (χ4n) is 8.21. The number of hydrogen-bond acceptors (Lipinski definition) is 8. The van der Waals surface area contributed by atoms with Crippen LogP contribution in [0.2, 0.25) is 0 Å². The van der Waals surface area contributed by atoms with Crippen LogP contribution >= 0.6 is 0 Å². The molecule has 0 fully saturated rings. The van der Waals surface area contributed by atoms with Crippen LogP contribution in [0.5, 0.6) is 0 Å². The average molecular weight is 825 g/mol. The zero-order valence-corrected chi connectivity index (χ0v) is 39.7. The lowest BCUT2D eigenvalue weighted by Gasteiger charge is -2.31. The summed E-state index contributed by atoms with van der Waals surface area (Å²) in [7, 11) is 0. The maximum Gasteiger partial charge on any atom is 0.0800 e. The van der Waals surface area contributed by atoms with Crippen molar-refractivity contribution in [2.24, 2.45) is 0 Å². The minimum Gasteiger partial charge on any atom is -0.390 e. The smallest absolute Gasteiger partial charge is 0.0800 e. The Kier molecular flexibility index (Phi) is 25.3. The molecule has 0 spiro atoms. The molecule has 0 radical (unpaired) electrons. The molecule has 0 saturated carbocycles. The molecule has 0 aliphatic rings. The van der Waals surface area contributed by atoms with Gasteiger partial charge in [0.1, 0.15) is 0 Å². The highest BCUT2D eigenvalue weighted by molar-refractivity contribution is 5.01. The van der Waals surface area contributed by atoms with Crippen molar-refractivity contribution in [3.05, 3.63) is 36.0 Å². The van der Waals surface area contributed by atoms with E-state index in [9.17, 15) is 40.9 Å². The predicted octanol–water partition coefficient (Wildman–Crippen LogP) is 10.8. The molecule has 8 heteroatoms. The van der Waals surface area contributed by atoms with E-state index in [4.69, 9.17) is 0 Å². The molecule has 0 aliphatic heterocycles. The molecule has 0 aromatic rings. The van der Waals surface area contributed by atoms with Gasteiger partial charge in [-0.25, -0.2) is 0 Å². The summed E-state index contributed by atoms with van der Waals surface area (Å²) in [5.74, 6) is 0. The van der Waals surface area contributed by atoms with Crippen molar-refractivity contribution in [1.29, 1.82) is 0 Å². The first-order valence-corrected chi connectivity index (χ1v) is 23.0. The maximum absolute atomic E-state index is 11.1. The van der Waals surface area contributed by atoms with Crippen molar-refractivity contribution in [1.82, 2.24) is 0 Å². The highest BCUT2D eigenvalue weighted by atomic mass is 16.3. The van der Waals surface area contributed by atoms with Crippen molar-refractivity contribution in [3.8, 4) is 0 Å². The quantitative estimate of drug-likeness (QED) is 0.0293. The van der Waals surface area contributed by atoms with Crippen molar-refractivity contribution in [3.63, 3.8) is 0 Å². The normalized spacial score (nSPS) is 20.9. The number of allylic oxidation sites excluding steroid dienone is 4. The standard InChI is InChI=1S/C50H96O8/c1-13-43(5,51)26-15-24-42(4)25-16-28-45(7,53)30-18-32-47(9,55)34-20-36-49(11,57)38-22-40-50(12,58)39-21-37-48(10,56)35-19-33-46(8,54)31-17-29-44(6,52)27-14-23-41(2)3/h13,23-24,51-58H,1,14-22,25-40H2,2-12H3. The van der Waals surface area contributed by atoms with Gasteiger partial charge in [0.25, 0.3) is 0 Å². The van der Waals surface area contributed by atoms with E-state index in [0.29, 0.717) is 122 Å². The van der Waals surface area contributed by atoms with Crippen LogP contribution in [0.15, 0.2) is 36.0 Å². The Bertz CT molecular complexity index is 1180. The van der Waals surface area contributed by atoms with Crippen LogP contribution in [0, 0.1) is 0 Å². The van der Waals surface area contributed by atoms with Crippen LogP contribution in [-0.2, 0) is 0 Å². The van der Waals surface area contributed by atoms with E-state index >= 15 is 0 Å². The van der Waals surface area contributed by atoms with Crippen molar-refractivity contribution in [2.45, 2.75) is 281 Å². The molecular weight excluding hydrogens is 729 g/mol. The van der Waals surface area contributed by atoms with Gasteiger partial charge in [0.05, 0.1) is 44.8 Å². The molecule has 8 atom stereocenters. The average Bonchev–Trinajstić information content (AvgIpc) is 3.03. The lowest BCUT2D eigenvalue weighted by atomic mass is 9.83. The van der Waals surface area contributed by atoms with Gasteiger partial charge in [-0.15, -0.1) is 6.58 Å². The lowest BCUT2D eigenvalue weighted by molar-refractivity contribution is -0.00814. The molecule has 8 nitrogen and oxygen atoms in total. The van der Waals surface area contributed by atoms with Gasteiger partial charge >= 0.3 is 0 Å². The highest BCUT2D eigenvalue weighted by Gasteiger charge is 2.30. The molecule has 0 heterocycles. The summed E-state index contributed by atoms with van der Waals surface area (Å²) in [6, 6.07) is 0. The van der Waals surface area contributed by atoms with Crippen molar-refractivity contribution < 1.29 is 40.9 Å². The van der Waals surface area contributed by atoms with Gasteiger partial charge in [0, 0.05) is 0 Å². The Morgan fingerprint density at radius 2 is 0.603 bits per heavy atom.